The molecular formula is C13H15ClN2O3. The number of aromatic nitrogens is 1. The number of nitrogens with zero attached hydrogens (tertiary/aromatic N) is 1. The Labute approximate surface area is 116 Å². The normalized spacial score (nSPS) is 22.8. The first-order valence-electron chi connectivity index (χ1n) is 6.23. The zero-order valence-corrected chi connectivity index (χ0v) is 11.1. The lowest BCUT2D eigenvalue weighted by Crippen LogP contribution is -2.36. The summed E-state index contributed by atoms with van der Waals surface area (Å²) in [6, 6.07) is 3.22. The van der Waals surface area contributed by atoms with Crippen LogP contribution in [-0.4, -0.2) is 22.0 Å². The Morgan fingerprint density at radius 2 is 1.95 bits per heavy atom. The number of carboxylic acids is 1. The Morgan fingerprint density at radius 3 is 2.53 bits per heavy atom. The Bertz CT molecular complexity index is 475. The van der Waals surface area contributed by atoms with E-state index in [0.29, 0.717) is 23.7 Å². The van der Waals surface area contributed by atoms with Crippen molar-refractivity contribution in [2.75, 3.05) is 5.32 Å². The van der Waals surface area contributed by atoms with E-state index in [9.17, 15) is 9.59 Å². The van der Waals surface area contributed by atoms with Gasteiger partial charge in [-0.15, -0.1) is 0 Å². The van der Waals surface area contributed by atoms with Gasteiger partial charge in [0.05, 0.1) is 16.9 Å². The second kappa shape index (κ2) is 6.02. The molecule has 0 aliphatic heterocycles. The van der Waals surface area contributed by atoms with E-state index in [2.05, 4.69) is 10.3 Å². The molecule has 0 radical (unpaired) electrons. The standard InChI is InChI=1S/C13H15ClN2O3/c14-8-5-6-11(15-7-8)16-12(17)9-3-1-2-4-10(9)13(18)19/h5-7,9-10H,1-4H2,(H,18,19)(H,15,16,17). The Hall–Kier alpha value is -1.62. The van der Waals surface area contributed by atoms with E-state index in [1.54, 1.807) is 12.1 Å². The molecule has 19 heavy (non-hydrogen) atoms. The van der Waals surface area contributed by atoms with Crippen LogP contribution in [0.2, 0.25) is 5.02 Å². The van der Waals surface area contributed by atoms with Crippen LogP contribution in [0.4, 0.5) is 5.82 Å². The van der Waals surface area contributed by atoms with Gasteiger partial charge in [-0.05, 0) is 25.0 Å². The van der Waals surface area contributed by atoms with E-state index in [0.717, 1.165) is 12.8 Å². The molecule has 6 heteroatoms. The Balaban J connectivity index is 2.05. The topological polar surface area (TPSA) is 79.3 Å². The predicted octanol–water partition coefficient (Wildman–Crippen LogP) is 2.56. The SMILES string of the molecule is O=C(O)C1CCCCC1C(=O)Nc1ccc(Cl)cn1. The van der Waals surface area contributed by atoms with Crippen molar-refractivity contribution in [3.8, 4) is 0 Å². The molecule has 102 valence electrons. The van der Waals surface area contributed by atoms with Crippen molar-refractivity contribution in [3.05, 3.63) is 23.4 Å². The third kappa shape index (κ3) is 3.44. The van der Waals surface area contributed by atoms with Gasteiger partial charge >= 0.3 is 5.97 Å². The van der Waals surface area contributed by atoms with Crippen LogP contribution >= 0.6 is 11.6 Å². The van der Waals surface area contributed by atoms with Crippen molar-refractivity contribution in [2.45, 2.75) is 25.7 Å². The van der Waals surface area contributed by atoms with Gasteiger partial charge in [-0.1, -0.05) is 24.4 Å². The summed E-state index contributed by atoms with van der Waals surface area (Å²) in [7, 11) is 0. The van der Waals surface area contributed by atoms with Gasteiger partial charge in [0.25, 0.3) is 0 Å². The molecular weight excluding hydrogens is 268 g/mol. The van der Waals surface area contributed by atoms with Gasteiger partial charge in [0.2, 0.25) is 5.91 Å². The highest BCUT2D eigenvalue weighted by Crippen LogP contribution is 2.31. The van der Waals surface area contributed by atoms with Gasteiger partial charge in [-0.25, -0.2) is 4.98 Å². The summed E-state index contributed by atoms with van der Waals surface area (Å²) in [6.45, 7) is 0. The lowest BCUT2D eigenvalue weighted by atomic mass is 9.79. The summed E-state index contributed by atoms with van der Waals surface area (Å²) in [6.07, 6.45) is 4.35. The van der Waals surface area contributed by atoms with Crippen molar-refractivity contribution in [3.63, 3.8) is 0 Å². The number of carbonyl (C=O) groups excluding carboxylic acids is 1. The van der Waals surface area contributed by atoms with Crippen molar-refractivity contribution in [1.82, 2.24) is 4.98 Å². The molecule has 5 nitrogen and oxygen atoms in total. The summed E-state index contributed by atoms with van der Waals surface area (Å²) < 4.78 is 0. The second-order valence-electron chi connectivity index (χ2n) is 4.69. The van der Waals surface area contributed by atoms with Gasteiger partial charge in [0, 0.05) is 6.20 Å². The molecule has 1 aromatic heterocycles. The fraction of sp³-hybridized carbons (Fsp3) is 0.462. The molecule has 1 aliphatic carbocycles. The minimum absolute atomic E-state index is 0.276. The molecule has 2 atom stereocenters. The summed E-state index contributed by atoms with van der Waals surface area (Å²) in [5.41, 5.74) is 0. The van der Waals surface area contributed by atoms with Gasteiger partial charge in [-0.2, -0.15) is 0 Å². The molecule has 1 amide bonds. The molecule has 2 rings (SSSR count). The van der Waals surface area contributed by atoms with E-state index in [4.69, 9.17) is 16.7 Å². The molecule has 0 aromatic carbocycles. The Kier molecular flexibility index (Phi) is 4.37. The third-order valence-electron chi connectivity index (χ3n) is 3.40. The quantitative estimate of drug-likeness (QED) is 0.893. The number of nitrogens with one attached hydrogen (secondary N) is 1. The molecule has 1 aromatic rings. The van der Waals surface area contributed by atoms with E-state index in [1.165, 1.54) is 6.20 Å². The number of pyridine rings is 1. The number of aliphatic carboxylic acids is 1. The van der Waals surface area contributed by atoms with Crippen LogP contribution in [0.5, 0.6) is 0 Å². The maximum absolute atomic E-state index is 12.1. The first-order valence-corrected chi connectivity index (χ1v) is 6.61. The minimum Gasteiger partial charge on any atom is -0.481 e. The largest absolute Gasteiger partial charge is 0.481 e. The number of anilines is 1. The Morgan fingerprint density at radius 1 is 1.26 bits per heavy atom. The maximum atomic E-state index is 12.1. The molecule has 0 spiro atoms. The van der Waals surface area contributed by atoms with Crippen LogP contribution in [0, 0.1) is 11.8 Å². The van der Waals surface area contributed by atoms with Gasteiger partial charge < -0.3 is 10.4 Å². The fourth-order valence-corrected chi connectivity index (χ4v) is 2.52. The zero-order chi connectivity index (χ0) is 13.8. The van der Waals surface area contributed by atoms with Crippen molar-refractivity contribution < 1.29 is 14.7 Å². The van der Waals surface area contributed by atoms with Crippen LogP contribution in [-0.2, 0) is 9.59 Å². The van der Waals surface area contributed by atoms with E-state index >= 15 is 0 Å². The number of carbonyl (C=O) groups is 2. The summed E-state index contributed by atoms with van der Waals surface area (Å²) in [4.78, 5) is 27.2. The zero-order valence-electron chi connectivity index (χ0n) is 10.3. The van der Waals surface area contributed by atoms with Crippen molar-refractivity contribution in [2.24, 2.45) is 11.8 Å². The minimum atomic E-state index is -0.899. The number of hydrogen-bond acceptors (Lipinski definition) is 3. The van der Waals surface area contributed by atoms with E-state index in [1.807, 2.05) is 0 Å². The molecule has 1 aliphatic rings. The highest BCUT2D eigenvalue weighted by Gasteiger charge is 2.35. The maximum Gasteiger partial charge on any atom is 0.307 e. The monoisotopic (exact) mass is 282 g/mol. The van der Waals surface area contributed by atoms with Crippen molar-refractivity contribution in [1.29, 1.82) is 0 Å². The lowest BCUT2D eigenvalue weighted by molar-refractivity contribution is -0.147. The molecule has 2 unspecified atom stereocenters. The number of hydrogen-bond donors (Lipinski definition) is 2. The predicted molar refractivity (Wildman–Crippen MR) is 71.0 cm³/mol. The summed E-state index contributed by atoms with van der Waals surface area (Å²) in [5, 5.41) is 12.3. The smallest absolute Gasteiger partial charge is 0.307 e. The fourth-order valence-electron chi connectivity index (χ4n) is 2.41. The molecule has 1 saturated carbocycles. The highest BCUT2D eigenvalue weighted by molar-refractivity contribution is 6.30. The van der Waals surface area contributed by atoms with Crippen LogP contribution in [0.25, 0.3) is 0 Å². The highest BCUT2D eigenvalue weighted by atomic mass is 35.5. The lowest BCUT2D eigenvalue weighted by Gasteiger charge is -2.27. The van der Waals surface area contributed by atoms with E-state index in [-0.39, 0.29) is 5.91 Å². The average molecular weight is 283 g/mol. The number of carboxylic acid groups (broad SMARTS) is 1. The number of amides is 1. The first-order chi connectivity index (χ1) is 9.08. The van der Waals surface area contributed by atoms with Gasteiger partial charge in [0.15, 0.2) is 0 Å². The number of rotatable bonds is 3. The van der Waals surface area contributed by atoms with Crippen molar-refractivity contribution >= 4 is 29.3 Å². The average Bonchev–Trinajstić information content (AvgIpc) is 2.41. The molecule has 0 bridgehead atoms. The van der Waals surface area contributed by atoms with Crippen LogP contribution in [0.15, 0.2) is 18.3 Å². The number of halogens is 1. The molecule has 0 saturated heterocycles. The van der Waals surface area contributed by atoms with Crippen LogP contribution in [0.1, 0.15) is 25.7 Å². The molecule has 2 N–H and O–H groups in total. The third-order valence-corrected chi connectivity index (χ3v) is 3.62. The summed E-state index contributed by atoms with van der Waals surface area (Å²) >= 11 is 5.71. The first kappa shape index (κ1) is 13.8. The van der Waals surface area contributed by atoms with Gasteiger partial charge in [-0.3, -0.25) is 9.59 Å². The van der Waals surface area contributed by atoms with E-state index < -0.39 is 17.8 Å². The van der Waals surface area contributed by atoms with Crippen LogP contribution < -0.4 is 5.32 Å². The summed E-state index contributed by atoms with van der Waals surface area (Å²) in [5.74, 6) is -1.86. The van der Waals surface area contributed by atoms with Crippen LogP contribution in [0.3, 0.4) is 0 Å². The molecule has 1 fully saturated rings. The second-order valence-corrected chi connectivity index (χ2v) is 5.12. The van der Waals surface area contributed by atoms with Gasteiger partial charge in [0.1, 0.15) is 5.82 Å². The molecule has 1 heterocycles.